The number of carbonyl (C=O) groups excluding carboxylic acids is 1. The van der Waals surface area contributed by atoms with Crippen LogP contribution in [-0.2, 0) is 25.9 Å². The first-order valence-electron chi connectivity index (χ1n) is 7.83. The van der Waals surface area contributed by atoms with E-state index in [1.165, 1.54) is 18.2 Å². The monoisotopic (exact) mass is 339 g/mol. The van der Waals surface area contributed by atoms with Gasteiger partial charge in [-0.15, -0.1) is 0 Å². The van der Waals surface area contributed by atoms with Crippen molar-refractivity contribution in [3.8, 4) is 0 Å². The van der Waals surface area contributed by atoms with Gasteiger partial charge in [-0.1, -0.05) is 29.3 Å². The van der Waals surface area contributed by atoms with Crippen LogP contribution in [0.3, 0.4) is 0 Å². The van der Waals surface area contributed by atoms with Crippen molar-refractivity contribution in [2.75, 3.05) is 18.6 Å². The molecule has 0 radical (unpaired) electrons. The van der Waals surface area contributed by atoms with Crippen LogP contribution >= 0.6 is 0 Å². The summed E-state index contributed by atoms with van der Waals surface area (Å²) in [6.07, 6.45) is 1.08. The SMILES string of the molecule is COC(=O)CC1(NCc2cc(C)cc(C)c2)CCS(=O)(=O)CC1. The predicted molar refractivity (Wildman–Crippen MR) is 90.0 cm³/mol. The standard InChI is InChI=1S/C17H25NO4S/c1-13-8-14(2)10-15(9-13)12-18-17(11-16(19)22-3)4-6-23(20,21)7-5-17/h8-10,18H,4-7,11-12H2,1-3H3. The molecule has 1 aromatic carbocycles. The molecule has 0 bridgehead atoms. The Morgan fingerprint density at radius 1 is 1.17 bits per heavy atom. The van der Waals surface area contributed by atoms with Crippen LogP contribution in [0.1, 0.15) is 36.0 Å². The van der Waals surface area contributed by atoms with E-state index in [0.29, 0.717) is 19.4 Å². The van der Waals surface area contributed by atoms with Crippen LogP contribution in [0, 0.1) is 13.8 Å². The van der Waals surface area contributed by atoms with Crippen LogP contribution in [0.2, 0.25) is 0 Å². The number of sulfone groups is 1. The number of hydrogen-bond donors (Lipinski definition) is 1. The number of ether oxygens (including phenoxy) is 1. The van der Waals surface area contributed by atoms with E-state index >= 15 is 0 Å². The average molecular weight is 339 g/mol. The van der Waals surface area contributed by atoms with Crippen molar-refractivity contribution >= 4 is 15.8 Å². The molecule has 1 aromatic rings. The number of esters is 1. The first-order chi connectivity index (χ1) is 10.7. The number of hydrogen-bond acceptors (Lipinski definition) is 5. The molecule has 1 fully saturated rings. The number of rotatable bonds is 5. The van der Waals surface area contributed by atoms with Gasteiger partial charge < -0.3 is 10.1 Å². The third kappa shape index (κ3) is 5.04. The Labute approximate surface area is 138 Å². The predicted octanol–water partition coefficient (Wildman–Crippen LogP) is 1.90. The van der Waals surface area contributed by atoms with E-state index < -0.39 is 15.4 Å². The van der Waals surface area contributed by atoms with Crippen molar-refractivity contribution in [2.45, 2.75) is 45.2 Å². The Morgan fingerprint density at radius 3 is 2.26 bits per heavy atom. The Bertz CT molecular complexity index is 648. The molecule has 0 saturated carbocycles. The highest BCUT2D eigenvalue weighted by Crippen LogP contribution is 2.28. The van der Waals surface area contributed by atoms with Gasteiger partial charge in [0.1, 0.15) is 9.84 Å². The van der Waals surface area contributed by atoms with Gasteiger partial charge in [0.25, 0.3) is 0 Å². The second-order valence-corrected chi connectivity index (χ2v) is 8.84. The zero-order valence-electron chi connectivity index (χ0n) is 14.0. The molecule has 0 amide bonds. The summed E-state index contributed by atoms with van der Waals surface area (Å²) in [7, 11) is -1.62. The fourth-order valence-electron chi connectivity index (χ4n) is 3.15. The molecule has 0 aromatic heterocycles. The topological polar surface area (TPSA) is 72.5 Å². The van der Waals surface area contributed by atoms with Crippen LogP contribution in [0.25, 0.3) is 0 Å². The van der Waals surface area contributed by atoms with Gasteiger partial charge in [-0.3, -0.25) is 4.79 Å². The van der Waals surface area contributed by atoms with E-state index in [1.807, 2.05) is 13.8 Å². The summed E-state index contributed by atoms with van der Waals surface area (Å²) in [5.74, 6) is -0.0783. The number of aryl methyl sites for hydroxylation is 2. The van der Waals surface area contributed by atoms with Crippen molar-refractivity contribution in [1.29, 1.82) is 0 Å². The summed E-state index contributed by atoms with van der Waals surface area (Å²) < 4.78 is 28.2. The van der Waals surface area contributed by atoms with Crippen LogP contribution in [-0.4, -0.2) is 38.5 Å². The number of nitrogens with one attached hydrogen (secondary N) is 1. The maximum atomic E-state index is 11.8. The Kier molecular flexibility index (Phi) is 5.47. The molecule has 1 N–H and O–H groups in total. The maximum Gasteiger partial charge on any atom is 0.307 e. The minimum atomic E-state index is -2.98. The van der Waals surface area contributed by atoms with Gasteiger partial charge >= 0.3 is 5.97 Å². The summed E-state index contributed by atoms with van der Waals surface area (Å²) >= 11 is 0. The molecule has 1 aliphatic rings. The van der Waals surface area contributed by atoms with Gasteiger partial charge in [0, 0.05) is 12.1 Å². The quantitative estimate of drug-likeness (QED) is 0.830. The Hall–Kier alpha value is -1.40. The molecule has 0 aliphatic carbocycles. The van der Waals surface area contributed by atoms with Crippen LogP contribution in [0.4, 0.5) is 0 Å². The molecule has 1 aliphatic heterocycles. The van der Waals surface area contributed by atoms with Gasteiger partial charge in [-0.05, 0) is 32.3 Å². The number of carbonyl (C=O) groups is 1. The Morgan fingerprint density at radius 2 is 1.74 bits per heavy atom. The van der Waals surface area contributed by atoms with Crippen LogP contribution in [0.5, 0.6) is 0 Å². The van der Waals surface area contributed by atoms with E-state index in [1.54, 1.807) is 0 Å². The molecule has 1 saturated heterocycles. The van der Waals surface area contributed by atoms with Crippen molar-refractivity contribution in [1.82, 2.24) is 5.32 Å². The zero-order chi connectivity index (χ0) is 17.1. The molecular weight excluding hydrogens is 314 g/mol. The highest BCUT2D eigenvalue weighted by Gasteiger charge is 2.38. The lowest BCUT2D eigenvalue weighted by Crippen LogP contribution is -2.51. The third-order valence-corrected chi connectivity index (χ3v) is 6.09. The molecule has 0 spiro atoms. The lowest BCUT2D eigenvalue weighted by Gasteiger charge is -2.37. The smallest absolute Gasteiger partial charge is 0.307 e. The molecule has 5 nitrogen and oxygen atoms in total. The van der Waals surface area contributed by atoms with Crippen molar-refractivity contribution in [2.24, 2.45) is 0 Å². The van der Waals surface area contributed by atoms with Gasteiger partial charge in [0.05, 0.1) is 25.0 Å². The Balaban J connectivity index is 2.13. The third-order valence-electron chi connectivity index (χ3n) is 4.44. The highest BCUT2D eigenvalue weighted by molar-refractivity contribution is 7.91. The fourth-order valence-corrected chi connectivity index (χ4v) is 4.76. The minimum Gasteiger partial charge on any atom is -0.469 e. The molecule has 2 rings (SSSR count). The van der Waals surface area contributed by atoms with E-state index in [4.69, 9.17) is 4.74 Å². The lowest BCUT2D eigenvalue weighted by molar-refractivity contribution is -0.142. The molecule has 23 heavy (non-hydrogen) atoms. The first kappa shape index (κ1) is 17.9. The first-order valence-corrected chi connectivity index (χ1v) is 9.65. The summed E-state index contributed by atoms with van der Waals surface area (Å²) in [6.45, 7) is 4.71. The zero-order valence-corrected chi connectivity index (χ0v) is 14.8. The van der Waals surface area contributed by atoms with Gasteiger partial charge in [0.15, 0.2) is 0 Å². The van der Waals surface area contributed by atoms with Gasteiger partial charge in [-0.2, -0.15) is 0 Å². The van der Waals surface area contributed by atoms with E-state index in [0.717, 1.165) is 5.56 Å². The summed E-state index contributed by atoms with van der Waals surface area (Å²) in [6, 6.07) is 6.32. The summed E-state index contributed by atoms with van der Waals surface area (Å²) in [5, 5.41) is 3.44. The van der Waals surface area contributed by atoms with E-state index in [2.05, 4.69) is 23.5 Å². The van der Waals surface area contributed by atoms with Gasteiger partial charge in [0.2, 0.25) is 0 Å². The molecule has 6 heteroatoms. The van der Waals surface area contributed by atoms with Crippen molar-refractivity contribution in [3.05, 3.63) is 34.9 Å². The largest absolute Gasteiger partial charge is 0.469 e. The highest BCUT2D eigenvalue weighted by atomic mass is 32.2. The van der Waals surface area contributed by atoms with Crippen molar-refractivity contribution < 1.29 is 17.9 Å². The second-order valence-electron chi connectivity index (χ2n) is 6.53. The molecular formula is C17H25NO4S. The fraction of sp³-hybridized carbons (Fsp3) is 0.588. The molecule has 1 heterocycles. The average Bonchev–Trinajstić information content (AvgIpc) is 2.47. The molecule has 128 valence electrons. The second kappa shape index (κ2) is 7.01. The minimum absolute atomic E-state index is 0.115. The maximum absolute atomic E-state index is 11.8. The number of methoxy groups -OCH3 is 1. The molecule has 0 atom stereocenters. The van der Waals surface area contributed by atoms with Crippen LogP contribution in [0.15, 0.2) is 18.2 Å². The number of benzene rings is 1. The van der Waals surface area contributed by atoms with E-state index in [9.17, 15) is 13.2 Å². The normalized spacial score (nSPS) is 19.3. The van der Waals surface area contributed by atoms with Crippen molar-refractivity contribution in [3.63, 3.8) is 0 Å². The van der Waals surface area contributed by atoms with Gasteiger partial charge in [-0.25, -0.2) is 8.42 Å². The lowest BCUT2D eigenvalue weighted by atomic mass is 9.88. The van der Waals surface area contributed by atoms with Crippen LogP contribution < -0.4 is 5.32 Å². The molecule has 0 unspecified atom stereocenters. The van der Waals surface area contributed by atoms with E-state index in [-0.39, 0.29) is 23.9 Å². The summed E-state index contributed by atoms with van der Waals surface area (Å²) in [5.41, 5.74) is 3.01. The summed E-state index contributed by atoms with van der Waals surface area (Å²) in [4.78, 5) is 11.8.